The summed E-state index contributed by atoms with van der Waals surface area (Å²) in [5, 5.41) is 7.52. The summed E-state index contributed by atoms with van der Waals surface area (Å²) in [7, 11) is -2.93. The Morgan fingerprint density at radius 1 is 1.38 bits per heavy atom. The molecule has 0 radical (unpaired) electrons. The van der Waals surface area contributed by atoms with Gasteiger partial charge in [0.05, 0.1) is 10.8 Å². The van der Waals surface area contributed by atoms with Gasteiger partial charge >= 0.3 is 0 Å². The van der Waals surface area contributed by atoms with Crippen LogP contribution >= 0.6 is 11.6 Å². The minimum absolute atomic E-state index is 0.0567. The van der Waals surface area contributed by atoms with Gasteiger partial charge in [0.1, 0.15) is 21.7 Å². The van der Waals surface area contributed by atoms with Crippen molar-refractivity contribution in [2.75, 3.05) is 25.1 Å². The quantitative estimate of drug-likeness (QED) is 0.793. The van der Waals surface area contributed by atoms with Crippen molar-refractivity contribution in [1.29, 1.82) is 0 Å². The first-order valence-electron chi connectivity index (χ1n) is 7.67. The molecule has 0 aromatic heterocycles. The molecule has 0 spiro atoms. The lowest BCUT2D eigenvalue weighted by molar-refractivity contribution is -0.122. The van der Waals surface area contributed by atoms with Crippen LogP contribution in [0.15, 0.2) is 24.3 Å². The van der Waals surface area contributed by atoms with Crippen LogP contribution in [0.2, 0.25) is 5.02 Å². The summed E-state index contributed by atoms with van der Waals surface area (Å²) in [4.78, 5) is 10.6. The summed E-state index contributed by atoms with van der Waals surface area (Å²) in [5.41, 5.74) is 0. The predicted molar refractivity (Wildman–Crippen MR) is 94.5 cm³/mol. The molecule has 0 amide bonds. The zero-order chi connectivity index (χ0) is 18.2. The van der Waals surface area contributed by atoms with Gasteiger partial charge in [0.2, 0.25) is 0 Å². The zero-order valence-electron chi connectivity index (χ0n) is 13.9. The Balaban J connectivity index is 0.000000891. The SMILES string of the molecule is CC(CS(C)(=O)=O)N1CCC(Oc2ccccc2Cl)CC1.O=CO. The van der Waals surface area contributed by atoms with Crippen LogP contribution in [0, 0.1) is 0 Å². The summed E-state index contributed by atoms with van der Waals surface area (Å²) in [5.74, 6) is 0.935. The van der Waals surface area contributed by atoms with Crippen LogP contribution in [0.25, 0.3) is 0 Å². The molecular weight excluding hydrogens is 354 g/mol. The van der Waals surface area contributed by atoms with E-state index < -0.39 is 9.84 Å². The van der Waals surface area contributed by atoms with Crippen LogP contribution in [-0.4, -0.2) is 62.1 Å². The Labute approximate surface area is 148 Å². The van der Waals surface area contributed by atoms with Crippen LogP contribution < -0.4 is 4.74 Å². The number of carboxylic acid groups (broad SMARTS) is 1. The number of piperidine rings is 1. The Morgan fingerprint density at radius 3 is 2.42 bits per heavy atom. The molecule has 8 heteroatoms. The highest BCUT2D eigenvalue weighted by Crippen LogP contribution is 2.27. The van der Waals surface area contributed by atoms with E-state index in [0.29, 0.717) is 5.02 Å². The van der Waals surface area contributed by atoms with Crippen molar-refractivity contribution in [2.45, 2.75) is 31.9 Å². The van der Waals surface area contributed by atoms with Crippen molar-refractivity contribution in [3.05, 3.63) is 29.3 Å². The lowest BCUT2D eigenvalue weighted by Crippen LogP contribution is -2.45. The number of ether oxygens (including phenoxy) is 1. The molecule has 1 N–H and O–H groups in total. The van der Waals surface area contributed by atoms with E-state index in [9.17, 15) is 8.42 Å². The smallest absolute Gasteiger partial charge is 0.290 e. The first-order valence-corrected chi connectivity index (χ1v) is 10.1. The van der Waals surface area contributed by atoms with Crippen LogP contribution in [0.5, 0.6) is 5.75 Å². The summed E-state index contributed by atoms with van der Waals surface area (Å²) < 4.78 is 28.7. The average molecular weight is 378 g/mol. The summed E-state index contributed by atoms with van der Waals surface area (Å²) in [6.07, 6.45) is 3.21. The Bertz CT molecular complexity index is 615. The number of nitrogens with zero attached hydrogens (tertiary/aromatic N) is 1. The van der Waals surface area contributed by atoms with E-state index in [0.717, 1.165) is 31.7 Å². The molecule has 1 aromatic carbocycles. The van der Waals surface area contributed by atoms with Crippen molar-refractivity contribution in [1.82, 2.24) is 4.90 Å². The van der Waals surface area contributed by atoms with Gasteiger partial charge in [-0.1, -0.05) is 23.7 Å². The fraction of sp³-hybridized carbons (Fsp3) is 0.562. The van der Waals surface area contributed by atoms with E-state index in [1.54, 1.807) is 0 Å². The minimum Gasteiger partial charge on any atom is -0.489 e. The number of rotatable bonds is 5. The highest BCUT2D eigenvalue weighted by Gasteiger charge is 2.25. The third kappa shape index (κ3) is 7.51. The zero-order valence-corrected chi connectivity index (χ0v) is 15.5. The number of carbonyl (C=O) groups is 1. The molecule has 1 aromatic rings. The van der Waals surface area contributed by atoms with E-state index in [-0.39, 0.29) is 24.4 Å². The van der Waals surface area contributed by atoms with Crippen LogP contribution in [0.3, 0.4) is 0 Å². The molecule has 1 heterocycles. The molecular formula is C16H24ClNO5S. The normalized spacial score (nSPS) is 17.5. The molecule has 1 aliphatic rings. The predicted octanol–water partition coefficient (Wildman–Crippen LogP) is 2.32. The highest BCUT2D eigenvalue weighted by atomic mass is 35.5. The van der Waals surface area contributed by atoms with Gasteiger partial charge in [0.15, 0.2) is 0 Å². The summed E-state index contributed by atoms with van der Waals surface area (Å²) in [6.45, 7) is 3.42. The molecule has 1 atom stereocenters. The van der Waals surface area contributed by atoms with Gasteiger partial charge < -0.3 is 9.84 Å². The Hall–Kier alpha value is -1.31. The number of likely N-dealkylation sites (tertiary alicyclic amines) is 1. The molecule has 1 saturated heterocycles. The molecule has 1 unspecified atom stereocenters. The van der Waals surface area contributed by atoms with Gasteiger partial charge in [0.25, 0.3) is 6.47 Å². The molecule has 24 heavy (non-hydrogen) atoms. The van der Waals surface area contributed by atoms with Gasteiger partial charge in [-0.3, -0.25) is 9.69 Å². The average Bonchev–Trinajstić information content (AvgIpc) is 2.49. The van der Waals surface area contributed by atoms with Crippen molar-refractivity contribution < 1.29 is 23.1 Å². The first kappa shape index (κ1) is 20.7. The largest absolute Gasteiger partial charge is 0.489 e. The number of halogens is 1. The number of benzene rings is 1. The van der Waals surface area contributed by atoms with E-state index in [2.05, 4.69) is 4.90 Å². The van der Waals surface area contributed by atoms with Crippen LogP contribution in [0.1, 0.15) is 19.8 Å². The molecule has 136 valence electrons. The molecule has 1 fully saturated rings. The third-order valence-corrected chi connectivity index (χ3v) is 5.17. The van der Waals surface area contributed by atoms with Gasteiger partial charge in [-0.15, -0.1) is 0 Å². The number of sulfone groups is 1. The molecule has 0 saturated carbocycles. The maximum atomic E-state index is 11.4. The minimum atomic E-state index is -2.93. The molecule has 2 rings (SSSR count). The fourth-order valence-corrected chi connectivity index (χ4v) is 3.97. The van der Waals surface area contributed by atoms with Crippen molar-refractivity contribution in [3.63, 3.8) is 0 Å². The number of hydrogen-bond donors (Lipinski definition) is 1. The second-order valence-electron chi connectivity index (χ2n) is 5.83. The molecule has 0 bridgehead atoms. The van der Waals surface area contributed by atoms with Crippen molar-refractivity contribution in [3.8, 4) is 5.75 Å². The highest BCUT2D eigenvalue weighted by molar-refractivity contribution is 7.90. The lowest BCUT2D eigenvalue weighted by atomic mass is 10.1. The van der Waals surface area contributed by atoms with Crippen molar-refractivity contribution in [2.24, 2.45) is 0 Å². The van der Waals surface area contributed by atoms with E-state index in [4.69, 9.17) is 26.2 Å². The monoisotopic (exact) mass is 377 g/mol. The van der Waals surface area contributed by atoms with Crippen molar-refractivity contribution >= 4 is 27.9 Å². The maximum absolute atomic E-state index is 11.4. The molecule has 6 nitrogen and oxygen atoms in total. The van der Waals surface area contributed by atoms with E-state index in [1.165, 1.54) is 6.26 Å². The van der Waals surface area contributed by atoms with Gasteiger partial charge in [-0.2, -0.15) is 0 Å². The van der Waals surface area contributed by atoms with Gasteiger partial charge in [-0.25, -0.2) is 8.42 Å². The Morgan fingerprint density at radius 2 is 1.92 bits per heavy atom. The van der Waals surface area contributed by atoms with E-state index in [1.807, 2.05) is 31.2 Å². The second kappa shape index (κ2) is 9.86. The number of hydrogen-bond acceptors (Lipinski definition) is 5. The Kier molecular flexibility index (Phi) is 8.52. The maximum Gasteiger partial charge on any atom is 0.290 e. The van der Waals surface area contributed by atoms with E-state index >= 15 is 0 Å². The standard InChI is InChI=1S/C15H22ClNO3S.CH2O2/c1-12(11-21(2,18)19)17-9-7-13(8-10-17)20-15-6-4-3-5-14(15)16;2-1-3/h3-6,12-13H,7-11H2,1-2H3;1H,(H,2,3). The number of para-hydroxylation sites is 1. The van der Waals surface area contributed by atoms with Crippen LogP contribution in [0.4, 0.5) is 0 Å². The fourth-order valence-electron chi connectivity index (χ4n) is 2.70. The first-order chi connectivity index (χ1) is 11.3. The van der Waals surface area contributed by atoms with Crippen LogP contribution in [-0.2, 0) is 14.6 Å². The second-order valence-corrected chi connectivity index (χ2v) is 8.42. The molecule has 0 aliphatic carbocycles. The van der Waals surface area contributed by atoms with Gasteiger partial charge in [0, 0.05) is 25.4 Å². The topological polar surface area (TPSA) is 83.9 Å². The molecule has 1 aliphatic heterocycles. The summed E-state index contributed by atoms with van der Waals surface area (Å²) in [6, 6.07) is 7.54. The van der Waals surface area contributed by atoms with Gasteiger partial charge in [-0.05, 0) is 31.9 Å². The summed E-state index contributed by atoms with van der Waals surface area (Å²) >= 11 is 6.09. The third-order valence-electron chi connectivity index (χ3n) is 3.77. The lowest BCUT2D eigenvalue weighted by Gasteiger charge is -2.35.